The van der Waals surface area contributed by atoms with E-state index in [4.69, 9.17) is 16.8 Å². The van der Waals surface area contributed by atoms with Crippen LogP contribution in [-0.4, -0.2) is 20.7 Å². The average molecular weight is 329 g/mol. The first-order valence-corrected chi connectivity index (χ1v) is 7.72. The molecule has 21 heavy (non-hydrogen) atoms. The van der Waals surface area contributed by atoms with Gasteiger partial charge in [-0.1, -0.05) is 17.7 Å². The Bertz CT molecular complexity index is 732. The predicted molar refractivity (Wildman–Crippen MR) is 79.3 cm³/mol. The largest absolute Gasteiger partial charge is 0.595 e. The SMILES string of the molecule is CN(c1ccc(Cl)cc1)S(=O)(=O)c1cccc([NH+]([O-])O)c1. The molecule has 0 aliphatic heterocycles. The first-order valence-electron chi connectivity index (χ1n) is 5.90. The second kappa shape index (κ2) is 6.00. The van der Waals surface area contributed by atoms with Crippen LogP contribution >= 0.6 is 11.6 Å². The topological polar surface area (TPSA) is 85.1 Å². The van der Waals surface area contributed by atoms with Crippen molar-refractivity contribution in [3.8, 4) is 0 Å². The number of hydrogen-bond acceptors (Lipinski definition) is 4. The number of sulfonamides is 1. The Morgan fingerprint density at radius 3 is 2.38 bits per heavy atom. The number of anilines is 1. The molecule has 2 N–H and O–H groups in total. The normalized spacial score (nSPS) is 13.0. The van der Waals surface area contributed by atoms with E-state index >= 15 is 0 Å². The maximum Gasteiger partial charge on any atom is 0.264 e. The smallest absolute Gasteiger partial charge is 0.264 e. The summed E-state index contributed by atoms with van der Waals surface area (Å²) in [5, 5.41) is 19.2. The Labute approximate surface area is 127 Å². The van der Waals surface area contributed by atoms with Crippen LogP contribution in [0.3, 0.4) is 0 Å². The van der Waals surface area contributed by atoms with Crippen molar-refractivity contribution in [2.75, 3.05) is 11.4 Å². The minimum absolute atomic E-state index is 0.0828. The summed E-state index contributed by atoms with van der Waals surface area (Å²) in [5.74, 6) is 0. The molecule has 0 saturated heterocycles. The molecule has 0 saturated carbocycles. The van der Waals surface area contributed by atoms with Gasteiger partial charge in [0.15, 0.2) is 5.69 Å². The number of hydrogen-bond donors (Lipinski definition) is 2. The Hall–Kier alpha value is -1.64. The van der Waals surface area contributed by atoms with E-state index in [0.717, 1.165) is 10.4 Å². The van der Waals surface area contributed by atoms with Crippen molar-refractivity contribution >= 4 is 33.0 Å². The lowest BCUT2D eigenvalue weighted by molar-refractivity contribution is -0.991. The Kier molecular flexibility index (Phi) is 4.50. The molecule has 6 nitrogen and oxygen atoms in total. The molecule has 2 aromatic carbocycles. The second-order valence-electron chi connectivity index (χ2n) is 4.28. The van der Waals surface area contributed by atoms with Crippen molar-refractivity contribution < 1.29 is 18.9 Å². The van der Waals surface area contributed by atoms with E-state index in [1.165, 1.54) is 25.2 Å². The summed E-state index contributed by atoms with van der Waals surface area (Å²) in [6.07, 6.45) is 0. The van der Waals surface area contributed by atoms with Gasteiger partial charge in [-0.15, -0.1) is 0 Å². The molecule has 0 bridgehead atoms. The molecule has 0 heterocycles. The van der Waals surface area contributed by atoms with Crippen LogP contribution in [0.15, 0.2) is 53.4 Å². The van der Waals surface area contributed by atoms with Crippen molar-refractivity contribution in [1.29, 1.82) is 0 Å². The summed E-state index contributed by atoms with van der Waals surface area (Å²) in [4.78, 5) is -0.0835. The highest BCUT2D eigenvalue weighted by Gasteiger charge is 2.22. The summed E-state index contributed by atoms with van der Waals surface area (Å²) in [6, 6.07) is 11.5. The van der Waals surface area contributed by atoms with Crippen molar-refractivity contribution in [1.82, 2.24) is 0 Å². The molecule has 0 amide bonds. The zero-order valence-corrected chi connectivity index (χ0v) is 12.6. The molecule has 8 heteroatoms. The Morgan fingerprint density at radius 1 is 1.19 bits per heavy atom. The minimum Gasteiger partial charge on any atom is -0.595 e. The van der Waals surface area contributed by atoms with Gasteiger partial charge in [0.05, 0.1) is 10.6 Å². The van der Waals surface area contributed by atoms with Crippen LogP contribution in [0.4, 0.5) is 11.4 Å². The first-order chi connectivity index (χ1) is 9.82. The van der Waals surface area contributed by atoms with Gasteiger partial charge in [0.2, 0.25) is 0 Å². The number of nitrogens with one attached hydrogen (secondary N) is 1. The van der Waals surface area contributed by atoms with Crippen LogP contribution in [0.2, 0.25) is 5.02 Å². The van der Waals surface area contributed by atoms with Gasteiger partial charge in [-0.2, -0.15) is 5.23 Å². The van der Waals surface area contributed by atoms with Gasteiger partial charge in [-0.05, 0) is 30.3 Å². The summed E-state index contributed by atoms with van der Waals surface area (Å²) in [6.45, 7) is 0. The third-order valence-corrected chi connectivity index (χ3v) is 4.96. The van der Waals surface area contributed by atoms with E-state index < -0.39 is 15.2 Å². The summed E-state index contributed by atoms with van der Waals surface area (Å²) < 4.78 is 26.1. The highest BCUT2D eigenvalue weighted by Crippen LogP contribution is 2.24. The lowest BCUT2D eigenvalue weighted by Gasteiger charge is -2.20. The standard InChI is InChI=1S/C13H13ClN2O4S/c1-15(11-7-5-10(14)6-8-11)21(19,20)13-4-2-3-12(9-13)16(17)18/h2-9,16-17H,1H3. The van der Waals surface area contributed by atoms with E-state index in [1.807, 2.05) is 0 Å². The fourth-order valence-corrected chi connectivity index (χ4v) is 3.11. The van der Waals surface area contributed by atoms with E-state index in [9.17, 15) is 13.6 Å². The van der Waals surface area contributed by atoms with Gasteiger partial charge in [0.1, 0.15) is 0 Å². The number of nitrogens with zero attached hydrogens (tertiary/aromatic N) is 1. The van der Waals surface area contributed by atoms with Crippen molar-refractivity contribution in [3.63, 3.8) is 0 Å². The lowest BCUT2D eigenvalue weighted by atomic mass is 10.3. The molecule has 0 aliphatic rings. The molecule has 0 aliphatic carbocycles. The monoisotopic (exact) mass is 328 g/mol. The molecule has 0 spiro atoms. The Morgan fingerprint density at radius 2 is 1.81 bits per heavy atom. The number of quaternary nitrogens is 1. The van der Waals surface area contributed by atoms with Crippen LogP contribution in [0.25, 0.3) is 0 Å². The molecule has 2 rings (SSSR count). The molecular weight excluding hydrogens is 316 g/mol. The molecule has 0 radical (unpaired) electrons. The van der Waals surface area contributed by atoms with E-state index in [2.05, 4.69) is 0 Å². The van der Waals surface area contributed by atoms with Gasteiger partial charge in [-0.25, -0.2) is 13.6 Å². The highest BCUT2D eigenvalue weighted by molar-refractivity contribution is 7.92. The third kappa shape index (κ3) is 3.34. The van der Waals surface area contributed by atoms with Crippen LogP contribution in [0.1, 0.15) is 0 Å². The van der Waals surface area contributed by atoms with E-state index in [1.54, 1.807) is 24.3 Å². The zero-order valence-electron chi connectivity index (χ0n) is 11.0. The summed E-state index contributed by atoms with van der Waals surface area (Å²) in [7, 11) is -2.44. The minimum atomic E-state index is -3.83. The summed E-state index contributed by atoms with van der Waals surface area (Å²) in [5.41, 5.74) is 0.348. The molecule has 0 fully saturated rings. The highest BCUT2D eigenvalue weighted by atomic mass is 35.5. The van der Waals surface area contributed by atoms with Crippen molar-refractivity contribution in [3.05, 3.63) is 58.8 Å². The van der Waals surface area contributed by atoms with Gasteiger partial charge >= 0.3 is 0 Å². The van der Waals surface area contributed by atoms with Gasteiger partial charge in [0.25, 0.3) is 10.0 Å². The maximum absolute atomic E-state index is 12.5. The van der Waals surface area contributed by atoms with Crippen molar-refractivity contribution in [2.45, 2.75) is 4.90 Å². The van der Waals surface area contributed by atoms with E-state index in [0.29, 0.717) is 10.7 Å². The number of benzene rings is 2. The predicted octanol–water partition coefficient (Wildman–Crippen LogP) is 1.57. The maximum atomic E-state index is 12.5. The average Bonchev–Trinajstić information content (AvgIpc) is 2.47. The quantitative estimate of drug-likeness (QED) is 0.834. The molecule has 112 valence electrons. The fourth-order valence-electron chi connectivity index (χ4n) is 1.74. The van der Waals surface area contributed by atoms with E-state index in [-0.39, 0.29) is 10.6 Å². The summed E-state index contributed by atoms with van der Waals surface area (Å²) >= 11 is 5.77. The Balaban J connectivity index is 2.41. The second-order valence-corrected chi connectivity index (χ2v) is 6.69. The van der Waals surface area contributed by atoms with Crippen LogP contribution in [0.5, 0.6) is 0 Å². The van der Waals surface area contributed by atoms with Crippen LogP contribution in [-0.2, 0) is 10.0 Å². The van der Waals surface area contributed by atoms with Crippen molar-refractivity contribution in [2.24, 2.45) is 0 Å². The molecule has 2 aromatic rings. The van der Waals surface area contributed by atoms with Crippen LogP contribution in [0, 0.1) is 5.21 Å². The molecule has 0 aromatic heterocycles. The van der Waals surface area contributed by atoms with Gasteiger partial charge in [0, 0.05) is 24.2 Å². The first kappa shape index (κ1) is 15.7. The molecule has 1 unspecified atom stereocenters. The van der Waals surface area contributed by atoms with Gasteiger partial charge in [-0.3, -0.25) is 4.31 Å². The fraction of sp³-hybridized carbons (Fsp3) is 0.0769. The molecule has 1 atom stereocenters. The van der Waals surface area contributed by atoms with Crippen LogP contribution < -0.4 is 9.53 Å². The number of halogens is 1. The zero-order chi connectivity index (χ0) is 15.6. The lowest BCUT2D eigenvalue weighted by Crippen LogP contribution is -2.99. The molecular formula is C13H13ClN2O4S. The van der Waals surface area contributed by atoms with Gasteiger partial charge < -0.3 is 5.21 Å². The number of rotatable bonds is 4. The third-order valence-electron chi connectivity index (χ3n) is 2.93.